The van der Waals surface area contributed by atoms with Gasteiger partial charge in [0.1, 0.15) is 12.4 Å². The van der Waals surface area contributed by atoms with Gasteiger partial charge in [-0.15, -0.1) is 0 Å². The molecular weight excluding hydrogens is 460 g/mol. The number of nitrogens with one attached hydrogen (secondary N) is 2. The van der Waals surface area contributed by atoms with Crippen LogP contribution in [-0.4, -0.2) is 52.4 Å². The summed E-state index contributed by atoms with van der Waals surface area (Å²) < 4.78 is 6.95. The second kappa shape index (κ2) is 10.1. The third-order valence-corrected chi connectivity index (χ3v) is 5.90. The molecule has 0 aliphatic carbocycles. The van der Waals surface area contributed by atoms with E-state index in [0.717, 1.165) is 35.2 Å². The fourth-order valence-electron chi connectivity index (χ4n) is 3.62. The SMILES string of the molecule is O=C(Nc1ccc(-c2cn[nH]c2)cc1OCCN1CCCC1)C(O)c1ccc(Br)cc1. The van der Waals surface area contributed by atoms with Crippen LogP contribution in [0, 0.1) is 0 Å². The van der Waals surface area contributed by atoms with Crippen LogP contribution in [0.15, 0.2) is 59.3 Å². The molecule has 1 aromatic heterocycles. The Morgan fingerprint density at radius 1 is 1.19 bits per heavy atom. The minimum Gasteiger partial charge on any atom is -0.490 e. The summed E-state index contributed by atoms with van der Waals surface area (Å²) in [7, 11) is 0. The van der Waals surface area contributed by atoms with Crippen molar-refractivity contribution in [3.8, 4) is 16.9 Å². The molecule has 1 aliphatic rings. The number of anilines is 1. The summed E-state index contributed by atoms with van der Waals surface area (Å²) in [6.45, 7) is 3.56. The molecular formula is C23H25BrN4O3. The van der Waals surface area contributed by atoms with Gasteiger partial charge in [-0.2, -0.15) is 5.10 Å². The molecule has 1 atom stereocenters. The number of aromatic nitrogens is 2. The summed E-state index contributed by atoms with van der Waals surface area (Å²) in [5.41, 5.74) is 2.90. The third kappa shape index (κ3) is 5.52. The van der Waals surface area contributed by atoms with Gasteiger partial charge < -0.3 is 15.2 Å². The zero-order valence-corrected chi connectivity index (χ0v) is 18.6. The van der Waals surface area contributed by atoms with Crippen LogP contribution in [0.3, 0.4) is 0 Å². The van der Waals surface area contributed by atoms with Gasteiger partial charge >= 0.3 is 0 Å². The van der Waals surface area contributed by atoms with Gasteiger partial charge in [-0.05, 0) is 61.3 Å². The number of aliphatic hydroxyl groups is 1. The number of H-pyrrole nitrogens is 1. The number of rotatable bonds is 8. The molecule has 1 aliphatic heterocycles. The van der Waals surface area contributed by atoms with Crippen LogP contribution in [0.5, 0.6) is 5.75 Å². The first-order valence-electron chi connectivity index (χ1n) is 10.3. The highest BCUT2D eigenvalue weighted by Crippen LogP contribution is 2.31. The summed E-state index contributed by atoms with van der Waals surface area (Å²) in [6, 6.07) is 12.6. The van der Waals surface area contributed by atoms with Crippen molar-refractivity contribution in [3.63, 3.8) is 0 Å². The molecule has 7 nitrogen and oxygen atoms in total. The number of benzene rings is 2. The first-order chi connectivity index (χ1) is 15.1. The number of nitrogens with zero attached hydrogens (tertiary/aromatic N) is 2. The summed E-state index contributed by atoms with van der Waals surface area (Å²) in [6.07, 6.45) is 4.72. The van der Waals surface area contributed by atoms with Crippen molar-refractivity contribution < 1.29 is 14.6 Å². The highest BCUT2D eigenvalue weighted by molar-refractivity contribution is 9.10. The number of carbonyl (C=O) groups excluding carboxylic acids is 1. The number of ether oxygens (including phenoxy) is 1. The molecule has 0 bridgehead atoms. The van der Waals surface area contributed by atoms with E-state index in [0.29, 0.717) is 23.6 Å². The van der Waals surface area contributed by atoms with Crippen molar-refractivity contribution >= 4 is 27.5 Å². The fraction of sp³-hybridized carbons (Fsp3) is 0.304. The predicted molar refractivity (Wildman–Crippen MR) is 123 cm³/mol. The molecule has 1 unspecified atom stereocenters. The van der Waals surface area contributed by atoms with Crippen LogP contribution in [0.4, 0.5) is 5.69 Å². The topological polar surface area (TPSA) is 90.5 Å². The van der Waals surface area contributed by atoms with E-state index in [2.05, 4.69) is 36.3 Å². The molecule has 3 aromatic rings. The number of amides is 1. The van der Waals surface area contributed by atoms with Crippen LogP contribution in [0.1, 0.15) is 24.5 Å². The average Bonchev–Trinajstić information content (AvgIpc) is 3.49. The van der Waals surface area contributed by atoms with Crippen molar-refractivity contribution in [3.05, 3.63) is 64.9 Å². The molecule has 8 heteroatoms. The van der Waals surface area contributed by atoms with Crippen molar-refractivity contribution in [2.45, 2.75) is 18.9 Å². The zero-order valence-electron chi connectivity index (χ0n) is 17.1. The van der Waals surface area contributed by atoms with E-state index in [-0.39, 0.29) is 0 Å². The van der Waals surface area contributed by atoms with E-state index in [1.54, 1.807) is 42.7 Å². The maximum Gasteiger partial charge on any atom is 0.257 e. The van der Waals surface area contributed by atoms with Gasteiger partial charge in [0.2, 0.25) is 0 Å². The lowest BCUT2D eigenvalue weighted by Crippen LogP contribution is -2.25. The number of hydrogen-bond acceptors (Lipinski definition) is 5. The number of halogens is 1. The largest absolute Gasteiger partial charge is 0.490 e. The van der Waals surface area contributed by atoms with E-state index < -0.39 is 12.0 Å². The van der Waals surface area contributed by atoms with Crippen molar-refractivity contribution in [1.82, 2.24) is 15.1 Å². The molecule has 31 heavy (non-hydrogen) atoms. The fourth-order valence-corrected chi connectivity index (χ4v) is 3.89. The number of aromatic amines is 1. The highest BCUT2D eigenvalue weighted by Gasteiger charge is 2.20. The Labute approximate surface area is 189 Å². The normalized spacial score (nSPS) is 15.0. The van der Waals surface area contributed by atoms with Crippen molar-refractivity contribution in [2.75, 3.05) is 31.6 Å². The number of hydrogen-bond donors (Lipinski definition) is 3. The van der Waals surface area contributed by atoms with Crippen molar-refractivity contribution in [2.24, 2.45) is 0 Å². The highest BCUT2D eigenvalue weighted by atomic mass is 79.9. The second-order valence-corrected chi connectivity index (χ2v) is 8.45. The molecule has 3 N–H and O–H groups in total. The smallest absolute Gasteiger partial charge is 0.257 e. The number of carbonyl (C=O) groups is 1. The first-order valence-corrected chi connectivity index (χ1v) is 11.1. The van der Waals surface area contributed by atoms with Gasteiger partial charge in [-0.3, -0.25) is 14.8 Å². The number of likely N-dealkylation sites (tertiary alicyclic amines) is 1. The Morgan fingerprint density at radius 3 is 2.68 bits per heavy atom. The molecule has 2 aromatic carbocycles. The van der Waals surface area contributed by atoms with Gasteiger partial charge in [-0.25, -0.2) is 0 Å². The molecule has 1 fully saturated rings. The third-order valence-electron chi connectivity index (χ3n) is 5.37. The standard InChI is InChI=1S/C23H25BrN4O3/c24-19-6-3-16(4-7-19)22(29)23(30)27-20-8-5-17(18-14-25-26-15-18)13-21(20)31-12-11-28-9-1-2-10-28/h3-8,13-15,22,29H,1-2,9-12H2,(H,25,26)(H,27,30). The van der Waals surface area contributed by atoms with E-state index in [9.17, 15) is 9.90 Å². The summed E-state index contributed by atoms with van der Waals surface area (Å²) >= 11 is 3.36. The Balaban J connectivity index is 1.50. The van der Waals surface area contributed by atoms with Gasteiger partial charge in [0.05, 0.1) is 11.9 Å². The molecule has 162 valence electrons. The Hall–Kier alpha value is -2.68. The average molecular weight is 485 g/mol. The maximum atomic E-state index is 12.7. The lowest BCUT2D eigenvalue weighted by atomic mass is 10.1. The molecule has 2 heterocycles. The molecule has 1 saturated heterocycles. The lowest BCUT2D eigenvalue weighted by molar-refractivity contribution is -0.124. The number of aliphatic hydroxyl groups excluding tert-OH is 1. The van der Waals surface area contributed by atoms with Crippen LogP contribution < -0.4 is 10.1 Å². The molecule has 4 rings (SSSR count). The molecule has 0 saturated carbocycles. The van der Waals surface area contributed by atoms with Crippen LogP contribution in [0.25, 0.3) is 11.1 Å². The lowest BCUT2D eigenvalue weighted by Gasteiger charge is -2.18. The Bertz CT molecular complexity index is 1000. The van der Waals surface area contributed by atoms with Gasteiger partial charge in [0.15, 0.2) is 6.10 Å². The minimum absolute atomic E-state index is 0.511. The quantitative estimate of drug-likeness (QED) is 0.449. The Kier molecular flexibility index (Phi) is 7.01. The predicted octanol–water partition coefficient (Wildman–Crippen LogP) is 3.99. The first kappa shape index (κ1) is 21.5. The second-order valence-electron chi connectivity index (χ2n) is 7.54. The van der Waals surface area contributed by atoms with E-state index in [4.69, 9.17) is 4.74 Å². The summed E-state index contributed by atoms with van der Waals surface area (Å²) in [5.74, 6) is 0.0528. The monoisotopic (exact) mass is 484 g/mol. The minimum atomic E-state index is -1.28. The maximum absolute atomic E-state index is 12.7. The zero-order chi connectivity index (χ0) is 21.6. The van der Waals surface area contributed by atoms with Gasteiger partial charge in [-0.1, -0.05) is 34.1 Å². The molecule has 0 spiro atoms. The van der Waals surface area contributed by atoms with Crippen LogP contribution in [0.2, 0.25) is 0 Å². The van der Waals surface area contributed by atoms with E-state index >= 15 is 0 Å². The van der Waals surface area contributed by atoms with E-state index in [1.165, 1.54) is 12.8 Å². The molecule has 1 amide bonds. The van der Waals surface area contributed by atoms with Crippen LogP contribution >= 0.6 is 15.9 Å². The summed E-state index contributed by atoms with van der Waals surface area (Å²) in [5, 5.41) is 20.1. The Morgan fingerprint density at radius 2 is 1.97 bits per heavy atom. The van der Waals surface area contributed by atoms with Crippen LogP contribution in [-0.2, 0) is 4.79 Å². The van der Waals surface area contributed by atoms with Gasteiger partial charge in [0, 0.05) is 22.8 Å². The summed E-state index contributed by atoms with van der Waals surface area (Å²) in [4.78, 5) is 15.1. The van der Waals surface area contributed by atoms with E-state index in [1.807, 2.05) is 12.1 Å². The van der Waals surface area contributed by atoms with Gasteiger partial charge in [0.25, 0.3) is 5.91 Å². The van der Waals surface area contributed by atoms with Crippen molar-refractivity contribution in [1.29, 1.82) is 0 Å². The molecule has 0 radical (unpaired) electrons.